The van der Waals surface area contributed by atoms with Crippen LogP contribution in [0.5, 0.6) is 5.75 Å². The molecular weight excluding hydrogens is 387 g/mol. The molecule has 0 aromatic heterocycles. The summed E-state index contributed by atoms with van der Waals surface area (Å²) in [5, 5.41) is 8.88. The molecule has 150 valence electrons. The number of hydrogen-bond donors (Lipinski definition) is 2. The highest BCUT2D eigenvalue weighted by molar-refractivity contribution is 7.80. The van der Waals surface area contributed by atoms with Gasteiger partial charge in [-0.15, -0.1) is 12.6 Å². The van der Waals surface area contributed by atoms with E-state index in [9.17, 15) is 22.0 Å². The van der Waals surface area contributed by atoms with Crippen molar-refractivity contribution < 1.29 is 31.8 Å². The standard InChI is InChI=1S/C10H10F2O2.C7H5F3S.C2H6/c11-8-1-2-9(12)10-7(8)3-6(4-13)5-14-10;8-7(9,10)5-1-3-6(11)4-2-5;1-2/h1-2,6,13H,3-5H2;1-4,11H;1-2H3/t6-;;/m1../s1. The molecule has 0 unspecified atom stereocenters. The number of ether oxygens (including phenoxy) is 1. The molecule has 0 aliphatic carbocycles. The first-order valence-corrected chi connectivity index (χ1v) is 8.74. The number of aliphatic hydroxyl groups excluding tert-OH is 1. The fraction of sp³-hybridized carbons (Fsp3) is 0.368. The van der Waals surface area contributed by atoms with Gasteiger partial charge in [-0.3, -0.25) is 0 Å². The number of halogens is 5. The van der Waals surface area contributed by atoms with Gasteiger partial charge in [-0.2, -0.15) is 13.2 Å². The van der Waals surface area contributed by atoms with E-state index in [2.05, 4.69) is 12.6 Å². The Hall–Kier alpha value is -1.80. The van der Waals surface area contributed by atoms with Crippen molar-refractivity contribution in [1.82, 2.24) is 0 Å². The minimum Gasteiger partial charge on any atom is -0.490 e. The summed E-state index contributed by atoms with van der Waals surface area (Å²) < 4.78 is 67.1. The van der Waals surface area contributed by atoms with E-state index >= 15 is 0 Å². The SMILES string of the molecule is CC.FC(F)(F)c1ccc(S)cc1.OC[C@@H]1COc2c(F)ccc(F)c2C1. The van der Waals surface area contributed by atoms with E-state index in [1.807, 2.05) is 13.8 Å². The van der Waals surface area contributed by atoms with Crippen molar-refractivity contribution in [2.45, 2.75) is 31.3 Å². The summed E-state index contributed by atoms with van der Waals surface area (Å²) in [5.41, 5.74) is -0.411. The van der Waals surface area contributed by atoms with E-state index in [0.29, 0.717) is 11.3 Å². The first-order valence-electron chi connectivity index (χ1n) is 8.29. The van der Waals surface area contributed by atoms with Crippen LogP contribution >= 0.6 is 12.6 Å². The molecule has 3 rings (SSSR count). The second-order valence-corrected chi connectivity index (χ2v) is 5.96. The van der Waals surface area contributed by atoms with Crippen LogP contribution in [-0.2, 0) is 12.6 Å². The third kappa shape index (κ3) is 6.70. The summed E-state index contributed by atoms with van der Waals surface area (Å²) in [6.45, 7) is 4.17. The van der Waals surface area contributed by atoms with Gasteiger partial charge in [-0.05, 0) is 42.8 Å². The van der Waals surface area contributed by atoms with Crippen LogP contribution in [0.4, 0.5) is 22.0 Å². The molecule has 0 saturated carbocycles. The van der Waals surface area contributed by atoms with Crippen LogP contribution in [0, 0.1) is 17.6 Å². The van der Waals surface area contributed by atoms with Crippen molar-refractivity contribution in [1.29, 1.82) is 0 Å². The molecule has 8 heteroatoms. The summed E-state index contributed by atoms with van der Waals surface area (Å²) >= 11 is 3.86. The lowest BCUT2D eigenvalue weighted by Crippen LogP contribution is -2.25. The predicted molar refractivity (Wildman–Crippen MR) is 96.2 cm³/mol. The molecular formula is C19H21F5O2S. The van der Waals surface area contributed by atoms with Crippen LogP contribution in [0.1, 0.15) is 25.0 Å². The first-order chi connectivity index (χ1) is 12.7. The zero-order valence-corrected chi connectivity index (χ0v) is 15.7. The quantitative estimate of drug-likeness (QED) is 0.480. The summed E-state index contributed by atoms with van der Waals surface area (Å²) in [6, 6.07) is 6.76. The Balaban J connectivity index is 0.000000254. The lowest BCUT2D eigenvalue weighted by molar-refractivity contribution is -0.137. The van der Waals surface area contributed by atoms with Gasteiger partial charge in [0.25, 0.3) is 0 Å². The summed E-state index contributed by atoms with van der Waals surface area (Å²) in [5.74, 6) is -1.16. The molecule has 1 N–H and O–H groups in total. The fourth-order valence-electron chi connectivity index (χ4n) is 2.24. The monoisotopic (exact) mass is 408 g/mol. The van der Waals surface area contributed by atoms with Gasteiger partial charge in [-0.25, -0.2) is 8.78 Å². The number of fused-ring (bicyclic) bond motifs is 1. The number of alkyl halides is 3. The second kappa shape index (κ2) is 10.5. The van der Waals surface area contributed by atoms with E-state index in [-0.39, 0.29) is 30.4 Å². The lowest BCUT2D eigenvalue weighted by atomic mass is 9.97. The number of thiol groups is 1. The van der Waals surface area contributed by atoms with Crippen LogP contribution < -0.4 is 4.74 Å². The number of rotatable bonds is 1. The molecule has 1 aliphatic rings. The maximum atomic E-state index is 13.2. The lowest BCUT2D eigenvalue weighted by Gasteiger charge is -2.24. The molecule has 0 bridgehead atoms. The van der Waals surface area contributed by atoms with Gasteiger partial charge in [-0.1, -0.05) is 13.8 Å². The van der Waals surface area contributed by atoms with Crippen molar-refractivity contribution in [3.8, 4) is 5.75 Å². The topological polar surface area (TPSA) is 29.5 Å². The molecule has 27 heavy (non-hydrogen) atoms. The molecule has 0 amide bonds. The van der Waals surface area contributed by atoms with E-state index < -0.39 is 23.4 Å². The number of benzene rings is 2. The summed E-state index contributed by atoms with van der Waals surface area (Å²) in [6.07, 6.45) is -3.92. The van der Waals surface area contributed by atoms with Crippen LogP contribution in [0.3, 0.4) is 0 Å². The van der Waals surface area contributed by atoms with Crippen molar-refractivity contribution in [2.75, 3.05) is 13.2 Å². The van der Waals surface area contributed by atoms with Crippen LogP contribution in [-0.4, -0.2) is 18.3 Å². The van der Waals surface area contributed by atoms with Crippen molar-refractivity contribution in [3.63, 3.8) is 0 Å². The van der Waals surface area contributed by atoms with Crippen LogP contribution in [0.25, 0.3) is 0 Å². The molecule has 0 saturated heterocycles. The Morgan fingerprint density at radius 2 is 1.59 bits per heavy atom. The highest BCUT2D eigenvalue weighted by Gasteiger charge is 2.29. The molecule has 0 fully saturated rings. The summed E-state index contributed by atoms with van der Waals surface area (Å²) in [7, 11) is 0. The largest absolute Gasteiger partial charge is 0.490 e. The van der Waals surface area contributed by atoms with Gasteiger partial charge in [0, 0.05) is 23.0 Å². The zero-order valence-electron chi connectivity index (χ0n) is 14.9. The highest BCUT2D eigenvalue weighted by Crippen LogP contribution is 2.32. The Labute approximate surface area is 160 Å². The summed E-state index contributed by atoms with van der Waals surface area (Å²) in [4.78, 5) is 0.526. The van der Waals surface area contributed by atoms with Gasteiger partial charge in [0.15, 0.2) is 11.6 Å². The average Bonchev–Trinajstić information content (AvgIpc) is 2.66. The van der Waals surface area contributed by atoms with E-state index in [1.165, 1.54) is 12.1 Å². The Kier molecular flexibility index (Phi) is 9.05. The predicted octanol–water partition coefficient (Wildman–Crippen LogP) is 5.53. The maximum Gasteiger partial charge on any atom is 0.416 e. The Bertz CT molecular complexity index is 717. The highest BCUT2D eigenvalue weighted by atomic mass is 32.1. The normalized spacial score (nSPS) is 15.4. The molecule has 2 aromatic rings. The molecule has 1 aliphatic heterocycles. The number of aliphatic hydroxyl groups is 1. The third-order valence-electron chi connectivity index (χ3n) is 3.56. The molecule has 2 nitrogen and oxygen atoms in total. The van der Waals surface area contributed by atoms with Crippen molar-refractivity contribution >= 4 is 12.6 Å². The van der Waals surface area contributed by atoms with E-state index in [4.69, 9.17) is 9.84 Å². The Morgan fingerprint density at radius 3 is 2.11 bits per heavy atom. The molecule has 0 radical (unpaired) electrons. The van der Waals surface area contributed by atoms with Crippen LogP contribution in [0.2, 0.25) is 0 Å². The van der Waals surface area contributed by atoms with Gasteiger partial charge in [0.1, 0.15) is 5.82 Å². The molecule has 1 atom stereocenters. The average molecular weight is 408 g/mol. The van der Waals surface area contributed by atoms with Gasteiger partial charge in [0.2, 0.25) is 0 Å². The smallest absolute Gasteiger partial charge is 0.416 e. The third-order valence-corrected chi connectivity index (χ3v) is 3.86. The van der Waals surface area contributed by atoms with Gasteiger partial charge >= 0.3 is 6.18 Å². The minimum atomic E-state index is -4.25. The van der Waals surface area contributed by atoms with Crippen molar-refractivity contribution in [3.05, 3.63) is 59.2 Å². The molecule has 2 aromatic carbocycles. The van der Waals surface area contributed by atoms with Crippen LogP contribution in [0.15, 0.2) is 41.3 Å². The molecule has 0 spiro atoms. The second-order valence-electron chi connectivity index (χ2n) is 5.45. The van der Waals surface area contributed by atoms with Crippen molar-refractivity contribution in [2.24, 2.45) is 5.92 Å². The van der Waals surface area contributed by atoms with E-state index in [1.54, 1.807) is 0 Å². The fourth-order valence-corrected chi connectivity index (χ4v) is 2.39. The van der Waals surface area contributed by atoms with E-state index in [0.717, 1.165) is 24.3 Å². The maximum absolute atomic E-state index is 13.2. The van der Waals surface area contributed by atoms with Gasteiger partial charge in [0.05, 0.1) is 12.2 Å². The number of hydrogen-bond acceptors (Lipinski definition) is 3. The van der Waals surface area contributed by atoms with Gasteiger partial charge < -0.3 is 9.84 Å². The Morgan fingerprint density at radius 1 is 1.04 bits per heavy atom. The minimum absolute atomic E-state index is 0.00491. The first kappa shape index (κ1) is 23.2. The molecule has 1 heterocycles. The zero-order chi connectivity index (χ0) is 20.6.